The van der Waals surface area contributed by atoms with E-state index in [9.17, 15) is 4.79 Å². The molecule has 0 bridgehead atoms. The SMILES string of the molecule is CCCn1nc(C(=O)C2CCCCC2)nc1Cc1ccc(-c2ncccc2-c2nn[nH]n2)cc1. The van der Waals surface area contributed by atoms with Crippen LogP contribution in [0.5, 0.6) is 0 Å². The maximum atomic E-state index is 13.0. The van der Waals surface area contributed by atoms with Gasteiger partial charge in [0.25, 0.3) is 0 Å². The molecule has 3 heterocycles. The molecule has 1 saturated carbocycles. The molecule has 0 atom stereocenters. The number of pyridine rings is 1. The van der Waals surface area contributed by atoms with Crippen molar-refractivity contribution in [3.63, 3.8) is 0 Å². The van der Waals surface area contributed by atoms with E-state index in [0.717, 1.165) is 66.9 Å². The summed E-state index contributed by atoms with van der Waals surface area (Å²) in [7, 11) is 0. The molecule has 1 aliphatic rings. The molecule has 0 amide bonds. The standard InChI is InChI=1S/C25H28N8O/c1-2-15-33-21(27-25(30-33)23(34)19-7-4-3-5-8-19)16-17-10-12-18(13-11-17)22-20(9-6-14-26-22)24-28-31-32-29-24/h6,9-14,19H,2-5,7-8,15-16H2,1H3,(H,28,29,31,32). The fourth-order valence-corrected chi connectivity index (χ4v) is 4.60. The summed E-state index contributed by atoms with van der Waals surface area (Å²) in [6.07, 6.45) is 8.68. The molecule has 0 spiro atoms. The van der Waals surface area contributed by atoms with Crippen LogP contribution in [-0.4, -0.2) is 46.2 Å². The molecular weight excluding hydrogens is 428 g/mol. The first kappa shape index (κ1) is 22.1. The van der Waals surface area contributed by atoms with Crippen LogP contribution in [0, 0.1) is 5.92 Å². The zero-order chi connectivity index (χ0) is 23.3. The van der Waals surface area contributed by atoms with Gasteiger partial charge in [0, 0.05) is 36.2 Å². The van der Waals surface area contributed by atoms with Crippen molar-refractivity contribution in [2.24, 2.45) is 5.92 Å². The molecule has 3 aromatic heterocycles. The van der Waals surface area contributed by atoms with Gasteiger partial charge >= 0.3 is 0 Å². The minimum absolute atomic E-state index is 0.0742. The van der Waals surface area contributed by atoms with E-state index in [-0.39, 0.29) is 11.7 Å². The van der Waals surface area contributed by atoms with E-state index < -0.39 is 0 Å². The van der Waals surface area contributed by atoms with Crippen LogP contribution < -0.4 is 0 Å². The quantitative estimate of drug-likeness (QED) is 0.393. The van der Waals surface area contributed by atoms with Crippen molar-refractivity contribution in [2.75, 3.05) is 0 Å². The zero-order valence-electron chi connectivity index (χ0n) is 19.3. The fourth-order valence-electron chi connectivity index (χ4n) is 4.60. The van der Waals surface area contributed by atoms with E-state index in [4.69, 9.17) is 4.98 Å². The van der Waals surface area contributed by atoms with Crippen LogP contribution in [0.15, 0.2) is 42.6 Å². The number of aromatic nitrogens is 8. The molecule has 1 N–H and O–H groups in total. The highest BCUT2D eigenvalue weighted by Gasteiger charge is 2.26. The number of carbonyl (C=O) groups excluding carboxylic acids is 1. The van der Waals surface area contributed by atoms with Crippen LogP contribution in [0.25, 0.3) is 22.6 Å². The van der Waals surface area contributed by atoms with E-state index in [1.807, 2.05) is 28.9 Å². The summed E-state index contributed by atoms with van der Waals surface area (Å²) in [5.74, 6) is 1.90. The predicted octanol–water partition coefficient (Wildman–Crippen LogP) is 4.28. The molecule has 0 saturated heterocycles. The van der Waals surface area contributed by atoms with Gasteiger partial charge in [-0.15, -0.1) is 15.3 Å². The molecule has 9 heteroatoms. The highest BCUT2D eigenvalue weighted by Crippen LogP contribution is 2.28. The average molecular weight is 457 g/mol. The van der Waals surface area contributed by atoms with Crippen LogP contribution in [0.3, 0.4) is 0 Å². The average Bonchev–Trinajstić information content (AvgIpc) is 3.56. The van der Waals surface area contributed by atoms with Crippen molar-refractivity contribution in [1.29, 1.82) is 0 Å². The number of nitrogens with one attached hydrogen (secondary N) is 1. The van der Waals surface area contributed by atoms with Gasteiger partial charge in [-0.05, 0) is 42.2 Å². The number of hydrogen-bond donors (Lipinski definition) is 1. The topological polar surface area (TPSA) is 115 Å². The number of aryl methyl sites for hydroxylation is 1. The first-order valence-electron chi connectivity index (χ1n) is 12.0. The number of Topliss-reactive ketones (excluding diaryl/α,β-unsaturated/α-hetero) is 1. The molecule has 5 rings (SSSR count). The van der Waals surface area contributed by atoms with Crippen LogP contribution in [0.4, 0.5) is 0 Å². The van der Waals surface area contributed by atoms with Crippen LogP contribution in [-0.2, 0) is 13.0 Å². The lowest BCUT2D eigenvalue weighted by molar-refractivity contribution is 0.0878. The lowest BCUT2D eigenvalue weighted by atomic mass is 9.86. The van der Waals surface area contributed by atoms with E-state index >= 15 is 0 Å². The maximum Gasteiger partial charge on any atom is 0.217 e. The van der Waals surface area contributed by atoms with E-state index in [0.29, 0.717) is 18.1 Å². The van der Waals surface area contributed by atoms with Crippen molar-refractivity contribution >= 4 is 5.78 Å². The highest BCUT2D eigenvalue weighted by atomic mass is 16.1. The molecule has 1 aliphatic carbocycles. The van der Waals surface area contributed by atoms with Crippen molar-refractivity contribution in [3.8, 4) is 22.6 Å². The molecule has 0 aliphatic heterocycles. The third-order valence-corrected chi connectivity index (χ3v) is 6.36. The van der Waals surface area contributed by atoms with Gasteiger partial charge in [0.1, 0.15) is 5.82 Å². The molecule has 1 fully saturated rings. The Morgan fingerprint density at radius 2 is 1.94 bits per heavy atom. The number of hydrogen-bond acceptors (Lipinski definition) is 7. The summed E-state index contributed by atoms with van der Waals surface area (Å²) >= 11 is 0. The lowest BCUT2D eigenvalue weighted by Gasteiger charge is -2.18. The molecule has 0 radical (unpaired) electrons. The van der Waals surface area contributed by atoms with Gasteiger partial charge < -0.3 is 0 Å². The fraction of sp³-hybridized carbons (Fsp3) is 0.400. The monoisotopic (exact) mass is 456 g/mol. The first-order chi connectivity index (χ1) is 16.7. The molecule has 174 valence electrons. The highest BCUT2D eigenvalue weighted by molar-refractivity contribution is 5.94. The second-order valence-corrected chi connectivity index (χ2v) is 8.78. The number of carbonyl (C=O) groups is 1. The van der Waals surface area contributed by atoms with Crippen molar-refractivity contribution in [2.45, 2.75) is 58.4 Å². The zero-order valence-corrected chi connectivity index (χ0v) is 19.3. The summed E-state index contributed by atoms with van der Waals surface area (Å²) < 4.78 is 1.90. The number of tetrazole rings is 1. The summed E-state index contributed by atoms with van der Waals surface area (Å²) in [5.41, 5.74) is 3.68. The van der Waals surface area contributed by atoms with E-state index in [1.54, 1.807) is 6.20 Å². The largest absolute Gasteiger partial charge is 0.290 e. The number of nitrogens with zero attached hydrogens (tertiary/aromatic N) is 7. The molecule has 1 aromatic carbocycles. The third kappa shape index (κ3) is 4.64. The first-order valence-corrected chi connectivity index (χ1v) is 12.0. The Morgan fingerprint density at radius 1 is 1.12 bits per heavy atom. The number of ketones is 1. The normalized spacial score (nSPS) is 14.4. The Balaban J connectivity index is 1.37. The summed E-state index contributed by atoms with van der Waals surface area (Å²) in [6, 6.07) is 12.0. The summed E-state index contributed by atoms with van der Waals surface area (Å²) in [4.78, 5) is 22.2. The van der Waals surface area contributed by atoms with Gasteiger partial charge in [-0.3, -0.25) is 9.78 Å². The van der Waals surface area contributed by atoms with Gasteiger partial charge in [0.05, 0.1) is 5.69 Å². The Bertz CT molecular complexity index is 1240. The van der Waals surface area contributed by atoms with Crippen LogP contribution >= 0.6 is 0 Å². The number of rotatable bonds is 8. The summed E-state index contributed by atoms with van der Waals surface area (Å²) in [5, 5.41) is 18.9. The lowest BCUT2D eigenvalue weighted by Crippen LogP contribution is -2.19. The van der Waals surface area contributed by atoms with Gasteiger partial charge in [-0.1, -0.05) is 50.5 Å². The van der Waals surface area contributed by atoms with Crippen molar-refractivity contribution in [3.05, 3.63) is 59.8 Å². The predicted molar refractivity (Wildman–Crippen MR) is 127 cm³/mol. The molecule has 4 aromatic rings. The Morgan fingerprint density at radius 3 is 2.68 bits per heavy atom. The minimum Gasteiger partial charge on any atom is -0.290 e. The van der Waals surface area contributed by atoms with Gasteiger partial charge in [-0.2, -0.15) is 5.21 Å². The van der Waals surface area contributed by atoms with Gasteiger partial charge in [0.15, 0.2) is 0 Å². The van der Waals surface area contributed by atoms with Gasteiger partial charge in [0.2, 0.25) is 17.4 Å². The maximum absolute atomic E-state index is 13.0. The Kier molecular flexibility index (Phi) is 6.51. The minimum atomic E-state index is 0.0742. The van der Waals surface area contributed by atoms with Crippen LogP contribution in [0.1, 0.15) is 67.5 Å². The van der Waals surface area contributed by atoms with E-state index in [1.165, 1.54) is 6.42 Å². The number of aromatic amines is 1. The van der Waals surface area contributed by atoms with Gasteiger partial charge in [-0.25, -0.2) is 9.67 Å². The molecule has 34 heavy (non-hydrogen) atoms. The second kappa shape index (κ2) is 10.0. The molecular formula is C25H28N8O. The third-order valence-electron chi connectivity index (χ3n) is 6.36. The van der Waals surface area contributed by atoms with Crippen molar-refractivity contribution in [1.82, 2.24) is 40.4 Å². The smallest absolute Gasteiger partial charge is 0.217 e. The Labute approximate surface area is 198 Å². The molecule has 0 unspecified atom stereocenters. The van der Waals surface area contributed by atoms with Crippen LogP contribution in [0.2, 0.25) is 0 Å². The number of H-pyrrole nitrogens is 1. The second-order valence-electron chi connectivity index (χ2n) is 8.78. The van der Waals surface area contributed by atoms with E-state index in [2.05, 4.69) is 49.8 Å². The number of benzene rings is 1. The Hall–Kier alpha value is -3.75. The molecule has 9 nitrogen and oxygen atoms in total. The summed E-state index contributed by atoms with van der Waals surface area (Å²) in [6.45, 7) is 2.86. The van der Waals surface area contributed by atoms with Crippen molar-refractivity contribution < 1.29 is 4.79 Å².